The second-order valence-corrected chi connectivity index (χ2v) is 4.84. The zero-order valence-corrected chi connectivity index (χ0v) is 12.1. The summed E-state index contributed by atoms with van der Waals surface area (Å²) in [6, 6.07) is 6.21. The van der Waals surface area contributed by atoms with Crippen molar-refractivity contribution in [3.05, 3.63) is 41.5 Å². The lowest BCUT2D eigenvalue weighted by Crippen LogP contribution is -2.40. The van der Waals surface area contributed by atoms with Gasteiger partial charge >= 0.3 is 12.1 Å². The number of carboxylic acids is 1. The van der Waals surface area contributed by atoms with Crippen molar-refractivity contribution in [1.82, 2.24) is 4.90 Å². The molecule has 7 heteroatoms. The Labute approximate surface area is 127 Å². The molecule has 0 fully saturated rings. The van der Waals surface area contributed by atoms with Gasteiger partial charge in [0, 0.05) is 7.11 Å². The largest absolute Gasteiger partial charge is 0.479 e. The molecule has 22 heavy (non-hydrogen) atoms. The number of rotatable bonds is 6. The van der Waals surface area contributed by atoms with Crippen LogP contribution < -0.4 is 0 Å². The third-order valence-corrected chi connectivity index (χ3v) is 3.30. The van der Waals surface area contributed by atoms with E-state index in [1.807, 2.05) is 24.3 Å². The van der Waals surface area contributed by atoms with Crippen LogP contribution in [0.2, 0.25) is 0 Å². The van der Waals surface area contributed by atoms with Crippen LogP contribution in [-0.4, -0.2) is 53.7 Å². The Bertz CT molecular complexity index is 597. The third kappa shape index (κ3) is 3.63. The second-order valence-electron chi connectivity index (χ2n) is 4.84. The molecule has 0 saturated carbocycles. The summed E-state index contributed by atoms with van der Waals surface area (Å²) in [6.07, 6.45) is 0.212. The molecule has 1 aromatic carbocycles. The maximum atomic E-state index is 11.2. The Morgan fingerprint density at radius 1 is 1.36 bits per heavy atom. The van der Waals surface area contributed by atoms with Crippen molar-refractivity contribution in [2.24, 2.45) is 0 Å². The van der Waals surface area contributed by atoms with Crippen molar-refractivity contribution in [3.8, 4) is 0 Å². The van der Waals surface area contributed by atoms with Crippen molar-refractivity contribution in [2.75, 3.05) is 20.4 Å². The molecular weight excluding hydrogens is 290 g/mol. The van der Waals surface area contributed by atoms with E-state index >= 15 is 0 Å². The van der Waals surface area contributed by atoms with Crippen molar-refractivity contribution >= 4 is 17.6 Å². The highest BCUT2D eigenvalue weighted by Gasteiger charge is 2.34. The summed E-state index contributed by atoms with van der Waals surface area (Å²) in [7, 11) is 1.53. The third-order valence-electron chi connectivity index (χ3n) is 3.30. The van der Waals surface area contributed by atoms with Crippen LogP contribution in [0.3, 0.4) is 0 Å². The van der Waals surface area contributed by atoms with Crippen molar-refractivity contribution in [3.63, 3.8) is 0 Å². The van der Waals surface area contributed by atoms with Gasteiger partial charge in [0.15, 0.2) is 6.04 Å². The molecule has 2 rings (SSSR count). The molecule has 1 aliphatic rings. The molecule has 2 N–H and O–H groups in total. The fourth-order valence-corrected chi connectivity index (χ4v) is 2.30. The van der Waals surface area contributed by atoms with Crippen molar-refractivity contribution < 1.29 is 29.3 Å². The quantitative estimate of drug-likeness (QED) is 0.612. The molecule has 0 bridgehead atoms. The summed E-state index contributed by atoms with van der Waals surface area (Å²) in [5, 5.41) is 18.2. The molecule has 0 aromatic heterocycles. The van der Waals surface area contributed by atoms with Gasteiger partial charge in [0.25, 0.3) is 0 Å². The van der Waals surface area contributed by atoms with Crippen molar-refractivity contribution in [2.45, 2.75) is 12.6 Å². The number of hydrogen-bond acceptors (Lipinski definition) is 4. The van der Waals surface area contributed by atoms with Gasteiger partial charge in [-0.25, -0.2) is 9.59 Å². The van der Waals surface area contributed by atoms with E-state index in [0.717, 1.165) is 16.0 Å². The number of carbonyl (C=O) groups is 2. The fraction of sp³-hybridized carbons (Fsp3) is 0.333. The van der Waals surface area contributed by atoms with Crippen LogP contribution in [0.4, 0.5) is 4.79 Å². The SMILES string of the molecule is COCOCc1cccc(C2=C[C@H](C(=O)O)N(C(=O)O)C2)c1. The van der Waals surface area contributed by atoms with Gasteiger partial charge < -0.3 is 19.7 Å². The van der Waals surface area contributed by atoms with Crippen LogP contribution in [-0.2, 0) is 20.9 Å². The standard InChI is InChI=1S/C15H17NO6/c1-21-9-22-8-10-3-2-4-11(5-10)12-6-13(14(17)18)16(7-12)15(19)20/h2-6,13H,7-9H2,1H3,(H,17,18)(H,19,20)/t13-/m1/s1. The number of aliphatic carboxylic acids is 1. The molecule has 0 unspecified atom stereocenters. The number of carboxylic acid groups (broad SMARTS) is 2. The summed E-state index contributed by atoms with van der Waals surface area (Å²) in [5.74, 6) is -1.18. The Morgan fingerprint density at radius 2 is 2.14 bits per heavy atom. The number of amides is 1. The van der Waals surface area contributed by atoms with Gasteiger partial charge in [0.1, 0.15) is 6.79 Å². The normalized spacial score (nSPS) is 17.4. The summed E-state index contributed by atoms with van der Waals surface area (Å²) in [6.45, 7) is 0.593. The second kappa shape index (κ2) is 7.06. The maximum Gasteiger partial charge on any atom is 0.408 e. The Kier molecular flexibility index (Phi) is 5.13. The number of benzene rings is 1. The molecule has 1 heterocycles. The van der Waals surface area contributed by atoms with Gasteiger partial charge in [-0.2, -0.15) is 0 Å². The van der Waals surface area contributed by atoms with Gasteiger partial charge in [-0.05, 0) is 28.8 Å². The maximum absolute atomic E-state index is 11.2. The first-order chi connectivity index (χ1) is 10.5. The van der Waals surface area contributed by atoms with Crippen LogP contribution in [0.25, 0.3) is 5.57 Å². The molecule has 0 spiro atoms. The van der Waals surface area contributed by atoms with Crippen LogP contribution in [0, 0.1) is 0 Å². The van der Waals surface area contributed by atoms with E-state index in [4.69, 9.17) is 19.7 Å². The summed E-state index contributed by atoms with van der Waals surface area (Å²) >= 11 is 0. The molecule has 1 atom stereocenters. The molecular formula is C15H17NO6. The molecule has 1 aromatic rings. The van der Waals surface area contributed by atoms with Gasteiger partial charge in [-0.1, -0.05) is 18.2 Å². The Balaban J connectivity index is 2.17. The molecule has 1 amide bonds. The van der Waals surface area contributed by atoms with Gasteiger partial charge in [-0.3, -0.25) is 4.90 Å². The Hall–Kier alpha value is -2.38. The zero-order chi connectivity index (χ0) is 16.1. The summed E-state index contributed by atoms with van der Waals surface area (Å²) in [5.41, 5.74) is 2.35. The predicted octanol–water partition coefficient (Wildman–Crippen LogP) is 1.64. The average Bonchev–Trinajstić information content (AvgIpc) is 2.93. The molecule has 1 aliphatic heterocycles. The number of hydrogen-bond donors (Lipinski definition) is 2. The topological polar surface area (TPSA) is 96.3 Å². The number of nitrogens with zero attached hydrogens (tertiary/aromatic N) is 1. The minimum absolute atomic E-state index is 0.0503. The first-order valence-corrected chi connectivity index (χ1v) is 6.62. The molecule has 0 radical (unpaired) electrons. The van der Waals surface area contributed by atoms with Gasteiger partial charge in [0.2, 0.25) is 0 Å². The highest BCUT2D eigenvalue weighted by atomic mass is 16.7. The molecule has 0 saturated heterocycles. The smallest absolute Gasteiger partial charge is 0.408 e. The summed E-state index contributed by atoms with van der Waals surface area (Å²) < 4.78 is 10.1. The fourth-order valence-electron chi connectivity index (χ4n) is 2.30. The minimum Gasteiger partial charge on any atom is -0.479 e. The zero-order valence-electron chi connectivity index (χ0n) is 12.1. The number of ether oxygens (including phenoxy) is 2. The highest BCUT2D eigenvalue weighted by Crippen LogP contribution is 2.26. The molecule has 7 nitrogen and oxygen atoms in total. The Morgan fingerprint density at radius 3 is 2.73 bits per heavy atom. The lowest BCUT2D eigenvalue weighted by atomic mass is 10.0. The summed E-state index contributed by atoms with van der Waals surface area (Å²) in [4.78, 5) is 23.2. The first-order valence-electron chi connectivity index (χ1n) is 6.62. The number of methoxy groups -OCH3 is 1. The van der Waals surface area contributed by atoms with Crippen LogP contribution in [0.15, 0.2) is 30.3 Å². The van der Waals surface area contributed by atoms with E-state index in [-0.39, 0.29) is 13.3 Å². The first kappa shape index (κ1) is 16.0. The predicted molar refractivity (Wildman–Crippen MR) is 77.2 cm³/mol. The monoisotopic (exact) mass is 307 g/mol. The molecule has 118 valence electrons. The van der Waals surface area contributed by atoms with E-state index in [1.54, 1.807) is 0 Å². The van der Waals surface area contributed by atoms with E-state index in [0.29, 0.717) is 12.2 Å². The average molecular weight is 307 g/mol. The minimum atomic E-state index is -1.25. The lowest BCUT2D eigenvalue weighted by molar-refractivity contribution is -0.140. The van der Waals surface area contributed by atoms with Crippen LogP contribution in [0.5, 0.6) is 0 Å². The lowest BCUT2D eigenvalue weighted by Gasteiger charge is -2.17. The van der Waals surface area contributed by atoms with Crippen molar-refractivity contribution in [1.29, 1.82) is 0 Å². The van der Waals surface area contributed by atoms with E-state index in [2.05, 4.69) is 0 Å². The van der Waals surface area contributed by atoms with Crippen LogP contribution >= 0.6 is 0 Å². The van der Waals surface area contributed by atoms with E-state index in [9.17, 15) is 9.59 Å². The highest BCUT2D eigenvalue weighted by molar-refractivity contribution is 5.88. The molecule has 0 aliphatic carbocycles. The van der Waals surface area contributed by atoms with E-state index < -0.39 is 18.1 Å². The van der Waals surface area contributed by atoms with Gasteiger partial charge in [-0.15, -0.1) is 0 Å². The van der Waals surface area contributed by atoms with Gasteiger partial charge in [0.05, 0.1) is 13.2 Å². The van der Waals surface area contributed by atoms with Crippen LogP contribution in [0.1, 0.15) is 11.1 Å². The van der Waals surface area contributed by atoms with E-state index in [1.165, 1.54) is 13.2 Å².